The zero-order valence-electron chi connectivity index (χ0n) is 24.9. The van der Waals surface area contributed by atoms with Gasteiger partial charge in [0.05, 0.1) is 6.54 Å². The number of carbonyl (C=O) groups excluding carboxylic acids is 3. The summed E-state index contributed by atoms with van der Waals surface area (Å²) in [5.41, 5.74) is 1.39. The first-order valence-corrected chi connectivity index (χ1v) is 13.5. The first-order chi connectivity index (χ1) is 17.6. The van der Waals surface area contributed by atoms with Crippen LogP contribution in [0.3, 0.4) is 0 Å². The number of rotatable bonds is 8. The number of likely N-dealkylation sites (tertiary alicyclic amines) is 1. The van der Waals surface area contributed by atoms with Crippen LogP contribution in [0, 0.1) is 5.41 Å². The van der Waals surface area contributed by atoms with E-state index in [1.54, 1.807) is 12.0 Å². The maximum absolute atomic E-state index is 13.7. The van der Waals surface area contributed by atoms with Crippen LogP contribution in [0.25, 0.3) is 0 Å². The Balaban J connectivity index is 0.00000400. The van der Waals surface area contributed by atoms with Crippen molar-refractivity contribution in [1.82, 2.24) is 15.1 Å². The summed E-state index contributed by atoms with van der Waals surface area (Å²) in [6.07, 6.45) is 0.795. The molecule has 4 atom stereocenters. The second-order valence-electron chi connectivity index (χ2n) is 11.6. The molecule has 236 valence electrons. The van der Waals surface area contributed by atoms with Crippen LogP contribution >= 0.6 is 54.0 Å². The topological polar surface area (TPSA) is 91.4 Å². The number of ketones is 1. The number of fused-ring (bicyclic) bond motifs is 1. The van der Waals surface area contributed by atoms with Gasteiger partial charge < -0.3 is 24.6 Å². The lowest BCUT2D eigenvalue weighted by molar-refractivity contribution is -0.138. The Kier molecular flexibility index (Phi) is 16.8. The van der Waals surface area contributed by atoms with Crippen molar-refractivity contribution in [1.29, 1.82) is 0 Å². The minimum atomic E-state index is -0.761. The Hall–Kier alpha value is -1.09. The average molecular weight is 651 g/mol. The third-order valence-electron chi connectivity index (χ3n) is 7.55. The van der Waals surface area contributed by atoms with Gasteiger partial charge in [0.2, 0.25) is 5.91 Å². The lowest BCUT2D eigenvalue weighted by Gasteiger charge is -2.36. The maximum atomic E-state index is 13.7. The minimum absolute atomic E-state index is 0. The minimum Gasteiger partial charge on any atom is -0.377 e. The number of piperazine rings is 1. The number of carbonyl (C=O) groups is 3. The molecule has 4 rings (SSSR count). The Bertz CT molecular complexity index is 987. The Morgan fingerprint density at radius 2 is 1.66 bits per heavy atom. The van der Waals surface area contributed by atoms with E-state index < -0.39 is 18.2 Å². The normalized spacial score (nSPS) is 22.9. The van der Waals surface area contributed by atoms with Crippen molar-refractivity contribution in [2.24, 2.45) is 5.41 Å². The zero-order chi connectivity index (χ0) is 26.7. The fourth-order valence-corrected chi connectivity index (χ4v) is 5.67. The van der Waals surface area contributed by atoms with Gasteiger partial charge in [0.15, 0.2) is 5.78 Å². The van der Waals surface area contributed by atoms with Crippen LogP contribution in [0.1, 0.15) is 50.9 Å². The monoisotopic (exact) mass is 650 g/mol. The molecule has 1 N–H and O–H groups in total. The van der Waals surface area contributed by atoms with Crippen LogP contribution < -0.4 is 10.2 Å². The molecule has 3 saturated heterocycles. The number of Topliss-reactive ketones (excluding diaryl/α,β-unsaturated/α-hetero) is 1. The predicted octanol–water partition coefficient (Wildman–Crippen LogP) is 2.40. The number of benzene rings is 1. The number of amides is 2. The van der Waals surface area contributed by atoms with Crippen molar-refractivity contribution in [3.63, 3.8) is 0 Å². The molecule has 2 amide bonds. The SMILES string of the molecule is CCCN1CCN(c2ccc(C(=O)N[C@@H](CC(C)(C)C)C(=O)N3C[C@H](OC)[C@H]4OCC(=O)[C@H]43)cc2)CC1.S.S.S.S. The lowest BCUT2D eigenvalue weighted by atomic mass is 9.87. The molecule has 41 heavy (non-hydrogen) atoms. The van der Waals surface area contributed by atoms with Crippen LogP contribution in [0.4, 0.5) is 5.69 Å². The van der Waals surface area contributed by atoms with Crippen molar-refractivity contribution in [3.8, 4) is 0 Å². The molecule has 0 saturated carbocycles. The number of nitrogens with zero attached hydrogens (tertiary/aromatic N) is 3. The molecule has 3 fully saturated rings. The van der Waals surface area contributed by atoms with E-state index in [1.165, 1.54) is 6.42 Å². The van der Waals surface area contributed by atoms with E-state index in [0.717, 1.165) is 38.4 Å². The predicted molar refractivity (Wildman–Crippen MR) is 183 cm³/mol. The van der Waals surface area contributed by atoms with Gasteiger partial charge in [-0.05, 0) is 49.1 Å². The van der Waals surface area contributed by atoms with E-state index in [2.05, 4.69) is 22.0 Å². The van der Waals surface area contributed by atoms with Crippen LogP contribution in [0.5, 0.6) is 0 Å². The zero-order valence-corrected chi connectivity index (χ0v) is 28.9. The summed E-state index contributed by atoms with van der Waals surface area (Å²) < 4.78 is 11.1. The van der Waals surface area contributed by atoms with E-state index in [1.807, 2.05) is 45.0 Å². The van der Waals surface area contributed by atoms with Gasteiger partial charge in [-0.25, -0.2) is 0 Å². The maximum Gasteiger partial charge on any atom is 0.251 e. The molecule has 1 aromatic carbocycles. The van der Waals surface area contributed by atoms with Crippen molar-refractivity contribution in [2.45, 2.75) is 64.8 Å². The van der Waals surface area contributed by atoms with Gasteiger partial charge in [-0.3, -0.25) is 19.3 Å². The summed E-state index contributed by atoms with van der Waals surface area (Å²) in [4.78, 5) is 45.9. The second kappa shape index (κ2) is 17.3. The Morgan fingerprint density at radius 3 is 2.20 bits per heavy atom. The number of anilines is 1. The molecule has 0 bridgehead atoms. The first kappa shape index (κ1) is 39.9. The van der Waals surface area contributed by atoms with Crippen LogP contribution in [0.15, 0.2) is 24.3 Å². The van der Waals surface area contributed by atoms with Crippen LogP contribution in [-0.2, 0) is 19.1 Å². The summed E-state index contributed by atoms with van der Waals surface area (Å²) in [6.45, 7) is 13.7. The third-order valence-corrected chi connectivity index (χ3v) is 7.55. The Labute approximate surface area is 273 Å². The van der Waals surface area contributed by atoms with E-state index >= 15 is 0 Å². The quantitative estimate of drug-likeness (QED) is 0.462. The second-order valence-corrected chi connectivity index (χ2v) is 11.6. The van der Waals surface area contributed by atoms with Gasteiger partial charge in [-0.1, -0.05) is 27.7 Å². The Morgan fingerprint density at radius 1 is 1.05 bits per heavy atom. The molecular formula is C28H50N4O5S4. The van der Waals surface area contributed by atoms with Crippen LogP contribution in [0.2, 0.25) is 0 Å². The van der Waals surface area contributed by atoms with Crippen molar-refractivity contribution in [2.75, 3.05) is 57.9 Å². The van der Waals surface area contributed by atoms with Gasteiger partial charge in [0.25, 0.3) is 5.91 Å². The molecule has 0 radical (unpaired) electrons. The third kappa shape index (κ3) is 9.70. The van der Waals surface area contributed by atoms with Crippen molar-refractivity contribution >= 4 is 77.3 Å². The molecule has 13 heteroatoms. The van der Waals surface area contributed by atoms with E-state index in [9.17, 15) is 14.4 Å². The van der Waals surface area contributed by atoms with Gasteiger partial charge in [-0.2, -0.15) is 54.0 Å². The average Bonchev–Trinajstić information content (AvgIpc) is 3.43. The molecule has 3 heterocycles. The summed E-state index contributed by atoms with van der Waals surface area (Å²) in [6, 6.07) is 6.19. The molecule has 0 spiro atoms. The molecule has 3 aliphatic rings. The lowest BCUT2D eigenvalue weighted by Crippen LogP contribution is -2.53. The molecule has 1 aromatic rings. The van der Waals surface area contributed by atoms with E-state index in [0.29, 0.717) is 12.0 Å². The van der Waals surface area contributed by atoms with Gasteiger partial charge in [0, 0.05) is 44.5 Å². The van der Waals surface area contributed by atoms with Gasteiger partial charge in [0.1, 0.15) is 30.9 Å². The summed E-state index contributed by atoms with van der Waals surface area (Å²) in [5.74, 6) is -0.682. The number of hydrogen-bond donors (Lipinski definition) is 1. The first-order valence-electron chi connectivity index (χ1n) is 13.5. The van der Waals surface area contributed by atoms with Crippen LogP contribution in [-0.4, -0.2) is 105 Å². The highest BCUT2D eigenvalue weighted by atomic mass is 32.1. The number of nitrogens with one attached hydrogen (secondary N) is 1. The largest absolute Gasteiger partial charge is 0.377 e. The number of hydrogen-bond acceptors (Lipinski definition) is 7. The summed E-state index contributed by atoms with van der Waals surface area (Å²) in [7, 11) is 1.56. The standard InChI is InChI=1S/C28H42N4O5.4H2S/c1-6-11-30-12-14-31(15-13-30)20-9-7-19(8-10-20)26(34)29-21(16-28(2,3)4)27(35)32-17-23(36-5)25-24(32)22(33)18-37-25;;;;/h7-10,21,23-25H,6,11-18H2,1-5H3,(H,29,34);4*1H2/t21-,23-,24+,25+;;;;/m0..../s1. The summed E-state index contributed by atoms with van der Waals surface area (Å²) >= 11 is 0. The molecule has 0 aliphatic carbocycles. The van der Waals surface area contributed by atoms with Gasteiger partial charge >= 0.3 is 0 Å². The van der Waals surface area contributed by atoms with E-state index in [4.69, 9.17) is 9.47 Å². The fraction of sp³-hybridized carbons (Fsp3) is 0.679. The van der Waals surface area contributed by atoms with Crippen molar-refractivity contribution in [3.05, 3.63) is 29.8 Å². The highest BCUT2D eigenvalue weighted by Crippen LogP contribution is 2.31. The number of methoxy groups -OCH3 is 1. The molecular weight excluding hydrogens is 601 g/mol. The molecule has 0 unspecified atom stereocenters. The highest BCUT2D eigenvalue weighted by molar-refractivity contribution is 7.59. The molecule has 0 aromatic heterocycles. The fourth-order valence-electron chi connectivity index (χ4n) is 5.67. The highest BCUT2D eigenvalue weighted by Gasteiger charge is 2.53. The molecule has 9 nitrogen and oxygen atoms in total. The smallest absolute Gasteiger partial charge is 0.251 e. The van der Waals surface area contributed by atoms with Gasteiger partial charge in [-0.15, -0.1) is 0 Å². The van der Waals surface area contributed by atoms with Crippen molar-refractivity contribution < 1.29 is 23.9 Å². The van der Waals surface area contributed by atoms with E-state index in [-0.39, 0.29) is 96.3 Å². The molecule has 3 aliphatic heterocycles. The number of ether oxygens (including phenoxy) is 2. The summed E-state index contributed by atoms with van der Waals surface area (Å²) in [5, 5.41) is 2.97.